The zero-order valence-corrected chi connectivity index (χ0v) is 17.2. The van der Waals surface area contributed by atoms with Gasteiger partial charge in [0.2, 0.25) is 0 Å². The molecule has 0 aliphatic carbocycles. The highest BCUT2D eigenvalue weighted by Gasteiger charge is 2.27. The molecule has 0 saturated carbocycles. The van der Waals surface area contributed by atoms with E-state index in [0.29, 0.717) is 16.3 Å². The van der Waals surface area contributed by atoms with E-state index in [1.54, 1.807) is 20.8 Å². The summed E-state index contributed by atoms with van der Waals surface area (Å²) in [6.07, 6.45) is 0.184. The van der Waals surface area contributed by atoms with Crippen molar-refractivity contribution >= 4 is 46.9 Å². The molecule has 2 rings (SSSR count). The Bertz CT molecular complexity index is 926. The molecule has 0 fully saturated rings. The fourth-order valence-electron chi connectivity index (χ4n) is 2.46. The Hall–Kier alpha value is -2.58. The van der Waals surface area contributed by atoms with Crippen molar-refractivity contribution in [1.29, 1.82) is 0 Å². The van der Waals surface area contributed by atoms with Crippen LogP contribution in [0.15, 0.2) is 12.3 Å². The number of rotatable bonds is 6. The number of halogens is 2. The van der Waals surface area contributed by atoms with Gasteiger partial charge < -0.3 is 19.8 Å². The molecule has 2 N–H and O–H groups in total. The van der Waals surface area contributed by atoms with Crippen LogP contribution in [0.3, 0.4) is 0 Å². The van der Waals surface area contributed by atoms with Gasteiger partial charge in [0.05, 0.1) is 22.2 Å². The van der Waals surface area contributed by atoms with Gasteiger partial charge in [0.1, 0.15) is 5.69 Å². The smallest absolute Gasteiger partial charge is 0.355 e. The average Bonchev–Trinajstić information content (AvgIpc) is 2.92. The zero-order chi connectivity index (χ0) is 21.0. The van der Waals surface area contributed by atoms with Crippen molar-refractivity contribution in [2.75, 3.05) is 11.9 Å². The molecule has 8 nitrogen and oxygen atoms in total. The predicted octanol–water partition coefficient (Wildman–Crippen LogP) is 3.69. The number of aryl methyl sites for hydroxylation is 1. The Morgan fingerprint density at radius 2 is 1.93 bits per heavy atom. The van der Waals surface area contributed by atoms with Crippen LogP contribution >= 0.6 is 23.2 Å². The maximum atomic E-state index is 12.5. The van der Waals surface area contributed by atoms with Crippen molar-refractivity contribution in [3.63, 3.8) is 0 Å². The quantitative estimate of drug-likeness (QED) is 0.679. The predicted molar refractivity (Wildman–Crippen MR) is 104 cm³/mol. The molecule has 0 spiro atoms. The maximum Gasteiger partial charge on any atom is 0.355 e. The molecule has 0 aliphatic heterocycles. The Kier molecular flexibility index (Phi) is 7.04. The van der Waals surface area contributed by atoms with Gasteiger partial charge in [-0.15, -0.1) is 0 Å². The lowest BCUT2D eigenvalue weighted by molar-refractivity contribution is -0.123. The summed E-state index contributed by atoms with van der Waals surface area (Å²) < 4.78 is 10.2. The molecule has 1 amide bonds. The van der Waals surface area contributed by atoms with Crippen molar-refractivity contribution < 1.29 is 23.9 Å². The lowest BCUT2D eigenvalue weighted by Crippen LogP contribution is -2.30. The van der Waals surface area contributed by atoms with Gasteiger partial charge in [-0.1, -0.05) is 23.2 Å². The number of aromatic nitrogens is 2. The third-order valence-corrected chi connectivity index (χ3v) is 4.32. The number of ether oxygens (including phenoxy) is 2. The van der Waals surface area contributed by atoms with Crippen LogP contribution in [0.5, 0.6) is 0 Å². The number of nitrogens with one attached hydrogen (secondary N) is 2. The molecule has 0 unspecified atom stereocenters. The molecular formula is C18H19Cl2N3O5. The molecule has 2 heterocycles. The fraction of sp³-hybridized carbons (Fsp3) is 0.333. The minimum atomic E-state index is -1.14. The number of pyridine rings is 1. The molecule has 1 atom stereocenters. The van der Waals surface area contributed by atoms with Crippen LogP contribution in [0.4, 0.5) is 5.82 Å². The molecule has 0 aliphatic rings. The first kappa shape index (κ1) is 21.7. The van der Waals surface area contributed by atoms with Gasteiger partial charge in [0, 0.05) is 11.9 Å². The van der Waals surface area contributed by atoms with Crippen molar-refractivity contribution in [2.24, 2.45) is 0 Å². The van der Waals surface area contributed by atoms with E-state index in [9.17, 15) is 14.4 Å². The second-order valence-electron chi connectivity index (χ2n) is 5.87. The molecule has 2 aromatic heterocycles. The van der Waals surface area contributed by atoms with E-state index < -0.39 is 23.9 Å². The third-order valence-electron chi connectivity index (χ3n) is 3.82. The second-order valence-corrected chi connectivity index (χ2v) is 6.71. The van der Waals surface area contributed by atoms with Crippen LogP contribution in [0, 0.1) is 13.8 Å². The highest BCUT2D eigenvalue weighted by molar-refractivity contribution is 6.36. The number of H-pyrrole nitrogens is 1. The van der Waals surface area contributed by atoms with E-state index in [-0.39, 0.29) is 28.7 Å². The van der Waals surface area contributed by atoms with E-state index in [2.05, 4.69) is 15.3 Å². The van der Waals surface area contributed by atoms with E-state index in [4.69, 9.17) is 32.7 Å². The number of hydrogen-bond acceptors (Lipinski definition) is 6. The van der Waals surface area contributed by atoms with Gasteiger partial charge in [-0.2, -0.15) is 0 Å². The summed E-state index contributed by atoms with van der Waals surface area (Å²) >= 11 is 11.7. The summed E-state index contributed by atoms with van der Waals surface area (Å²) in [6.45, 7) is 6.50. The number of aromatic amines is 1. The minimum absolute atomic E-state index is 0.0950. The summed E-state index contributed by atoms with van der Waals surface area (Å²) in [5.41, 5.74) is 1.16. The third kappa shape index (κ3) is 4.82. The van der Waals surface area contributed by atoms with E-state index in [1.807, 2.05) is 0 Å². The summed E-state index contributed by atoms with van der Waals surface area (Å²) in [4.78, 5) is 43.5. The largest absolute Gasteiger partial charge is 0.461 e. The number of carbonyl (C=O) groups is 3. The lowest BCUT2D eigenvalue weighted by atomic mass is 10.1. The van der Waals surface area contributed by atoms with E-state index in [0.717, 1.165) is 0 Å². The fourth-order valence-corrected chi connectivity index (χ4v) is 2.89. The standard InChI is InChI=1S/C18H19Cl2N3O5/c1-5-27-18(26)14-8(2)13(9(3)22-14)17(25)28-10(4)16(24)23-15-12(20)6-11(19)7-21-15/h6-7,10,22H,5H2,1-4H3,(H,21,23,24)/t10-/m0/s1. The van der Waals surface area contributed by atoms with Crippen LogP contribution in [-0.2, 0) is 14.3 Å². The van der Waals surface area contributed by atoms with Gasteiger partial charge in [0.15, 0.2) is 11.9 Å². The van der Waals surface area contributed by atoms with Crippen molar-refractivity contribution in [2.45, 2.75) is 33.8 Å². The van der Waals surface area contributed by atoms with Gasteiger partial charge in [-0.05, 0) is 39.3 Å². The maximum absolute atomic E-state index is 12.5. The number of carbonyl (C=O) groups excluding carboxylic acids is 3. The monoisotopic (exact) mass is 427 g/mol. The molecule has 28 heavy (non-hydrogen) atoms. The van der Waals surface area contributed by atoms with Crippen LogP contribution in [-0.4, -0.2) is 40.5 Å². The molecule has 10 heteroatoms. The number of nitrogens with zero attached hydrogens (tertiary/aromatic N) is 1. The van der Waals surface area contributed by atoms with Crippen LogP contribution in [0.1, 0.15) is 46.0 Å². The lowest BCUT2D eigenvalue weighted by Gasteiger charge is -2.14. The molecule has 0 bridgehead atoms. The minimum Gasteiger partial charge on any atom is -0.461 e. The Labute approximate surface area is 171 Å². The first-order valence-corrected chi connectivity index (χ1v) is 9.10. The number of amides is 1. The second kappa shape index (κ2) is 9.07. The van der Waals surface area contributed by atoms with Crippen molar-refractivity contribution in [1.82, 2.24) is 9.97 Å². The Morgan fingerprint density at radius 3 is 2.54 bits per heavy atom. The highest BCUT2D eigenvalue weighted by Crippen LogP contribution is 2.23. The number of anilines is 1. The average molecular weight is 428 g/mol. The Balaban J connectivity index is 2.11. The van der Waals surface area contributed by atoms with E-state index in [1.165, 1.54) is 19.2 Å². The summed E-state index contributed by atoms with van der Waals surface area (Å²) in [5, 5.41) is 2.93. The summed E-state index contributed by atoms with van der Waals surface area (Å²) in [6, 6.07) is 1.42. The first-order valence-electron chi connectivity index (χ1n) is 8.34. The van der Waals surface area contributed by atoms with Crippen molar-refractivity contribution in [3.05, 3.63) is 44.8 Å². The zero-order valence-electron chi connectivity index (χ0n) is 15.7. The van der Waals surface area contributed by atoms with Gasteiger partial charge in [-0.3, -0.25) is 4.79 Å². The molecule has 0 radical (unpaired) electrons. The summed E-state index contributed by atoms with van der Waals surface area (Å²) in [5.74, 6) is -1.85. The summed E-state index contributed by atoms with van der Waals surface area (Å²) in [7, 11) is 0. The molecule has 150 valence electrons. The van der Waals surface area contributed by atoms with Crippen LogP contribution in [0.25, 0.3) is 0 Å². The molecule has 2 aromatic rings. The number of hydrogen-bond donors (Lipinski definition) is 2. The van der Waals surface area contributed by atoms with Gasteiger partial charge >= 0.3 is 11.9 Å². The Morgan fingerprint density at radius 1 is 1.25 bits per heavy atom. The molecule has 0 aromatic carbocycles. The first-order chi connectivity index (χ1) is 13.1. The molecule has 0 saturated heterocycles. The van der Waals surface area contributed by atoms with Crippen molar-refractivity contribution in [3.8, 4) is 0 Å². The van der Waals surface area contributed by atoms with Gasteiger partial charge in [-0.25, -0.2) is 14.6 Å². The van der Waals surface area contributed by atoms with E-state index >= 15 is 0 Å². The normalized spacial score (nSPS) is 11.6. The number of esters is 2. The van der Waals surface area contributed by atoms with Gasteiger partial charge in [0.25, 0.3) is 5.91 Å². The highest BCUT2D eigenvalue weighted by atomic mass is 35.5. The topological polar surface area (TPSA) is 110 Å². The van der Waals surface area contributed by atoms with Crippen LogP contribution < -0.4 is 5.32 Å². The molecular weight excluding hydrogens is 409 g/mol. The SMILES string of the molecule is CCOC(=O)c1[nH]c(C)c(C(=O)O[C@@H](C)C(=O)Nc2ncc(Cl)cc2Cl)c1C. The van der Waals surface area contributed by atoms with Crippen LogP contribution in [0.2, 0.25) is 10.0 Å².